The van der Waals surface area contributed by atoms with Gasteiger partial charge in [-0.15, -0.1) is 11.3 Å². The van der Waals surface area contributed by atoms with Crippen LogP contribution < -0.4 is 0 Å². The van der Waals surface area contributed by atoms with Gasteiger partial charge in [0.25, 0.3) is 5.91 Å². The zero-order valence-electron chi connectivity index (χ0n) is 8.75. The van der Waals surface area contributed by atoms with Crippen LogP contribution in [-0.2, 0) is 9.59 Å². The van der Waals surface area contributed by atoms with Crippen LogP contribution >= 0.6 is 51.2 Å². The molecule has 0 atom stereocenters. The van der Waals surface area contributed by atoms with Gasteiger partial charge in [-0.1, -0.05) is 24.0 Å². The van der Waals surface area contributed by atoms with Gasteiger partial charge in [0.15, 0.2) is 0 Å². The highest BCUT2D eigenvalue weighted by Crippen LogP contribution is 2.33. The van der Waals surface area contributed by atoms with Crippen LogP contribution in [0.1, 0.15) is 5.56 Å². The number of carbonyl (C=O) groups is 2. The first kappa shape index (κ1) is 13.7. The Kier molecular flexibility index (Phi) is 4.21. The van der Waals surface area contributed by atoms with Crippen LogP contribution in [0, 0.1) is 0 Å². The SMILES string of the molecule is O=C(O)CN1C(=O)C(=Cc2csc(Br)c2)SC1=S. The molecule has 0 saturated carbocycles. The van der Waals surface area contributed by atoms with Crippen LogP contribution in [-0.4, -0.2) is 32.7 Å². The number of aliphatic carboxylic acids is 1. The van der Waals surface area contributed by atoms with Crippen LogP contribution in [0.3, 0.4) is 0 Å². The van der Waals surface area contributed by atoms with Gasteiger partial charge in [-0.25, -0.2) is 0 Å². The zero-order valence-corrected chi connectivity index (χ0v) is 12.8. The molecule has 0 radical (unpaired) electrons. The van der Waals surface area contributed by atoms with E-state index >= 15 is 0 Å². The van der Waals surface area contributed by atoms with Crippen LogP contribution in [0.2, 0.25) is 0 Å². The second-order valence-corrected chi connectivity index (χ2v) is 7.31. The maximum absolute atomic E-state index is 11.9. The summed E-state index contributed by atoms with van der Waals surface area (Å²) >= 11 is 11.0. The van der Waals surface area contributed by atoms with Gasteiger partial charge in [-0.2, -0.15) is 0 Å². The summed E-state index contributed by atoms with van der Waals surface area (Å²) < 4.78 is 1.25. The average molecular weight is 364 g/mol. The minimum atomic E-state index is -1.08. The maximum Gasteiger partial charge on any atom is 0.323 e. The number of carboxylic acid groups (broad SMARTS) is 1. The lowest BCUT2D eigenvalue weighted by Gasteiger charge is -2.09. The molecule has 4 nitrogen and oxygen atoms in total. The number of hydrogen-bond acceptors (Lipinski definition) is 5. The Morgan fingerprint density at radius 3 is 2.89 bits per heavy atom. The highest BCUT2D eigenvalue weighted by molar-refractivity contribution is 9.11. The van der Waals surface area contributed by atoms with Crippen molar-refractivity contribution in [3.8, 4) is 0 Å². The van der Waals surface area contributed by atoms with E-state index in [1.54, 1.807) is 6.08 Å². The molecule has 18 heavy (non-hydrogen) atoms. The number of hydrogen-bond donors (Lipinski definition) is 1. The summed E-state index contributed by atoms with van der Waals surface area (Å²) in [5, 5.41) is 10.6. The predicted molar refractivity (Wildman–Crippen MR) is 79.5 cm³/mol. The Hall–Kier alpha value is -0.700. The van der Waals surface area contributed by atoms with Crippen molar-refractivity contribution in [2.24, 2.45) is 0 Å². The van der Waals surface area contributed by atoms with Gasteiger partial charge in [0.1, 0.15) is 10.9 Å². The van der Waals surface area contributed by atoms with E-state index in [0.29, 0.717) is 4.91 Å². The number of carbonyl (C=O) groups excluding carboxylic acids is 1. The second kappa shape index (κ2) is 5.52. The van der Waals surface area contributed by atoms with E-state index in [4.69, 9.17) is 17.3 Å². The minimum absolute atomic E-state index is 0.281. The average Bonchev–Trinajstić information content (AvgIpc) is 2.78. The van der Waals surface area contributed by atoms with E-state index in [1.807, 2.05) is 11.4 Å². The lowest BCUT2D eigenvalue weighted by molar-refractivity contribution is -0.140. The number of amides is 1. The molecule has 94 valence electrons. The van der Waals surface area contributed by atoms with Crippen molar-refractivity contribution < 1.29 is 14.7 Å². The van der Waals surface area contributed by atoms with Crippen molar-refractivity contribution in [3.63, 3.8) is 0 Å². The Morgan fingerprint density at radius 1 is 1.61 bits per heavy atom. The third-order valence-corrected chi connectivity index (χ3v) is 4.95. The topological polar surface area (TPSA) is 57.6 Å². The second-order valence-electron chi connectivity index (χ2n) is 3.35. The molecule has 0 spiro atoms. The molecule has 0 bridgehead atoms. The Labute approximate surface area is 125 Å². The first-order valence-corrected chi connectivity index (χ1v) is 7.58. The lowest BCUT2D eigenvalue weighted by atomic mass is 10.3. The van der Waals surface area contributed by atoms with E-state index < -0.39 is 12.5 Å². The monoisotopic (exact) mass is 363 g/mol. The van der Waals surface area contributed by atoms with Crippen LogP contribution in [0.5, 0.6) is 0 Å². The van der Waals surface area contributed by atoms with Crippen molar-refractivity contribution in [2.45, 2.75) is 0 Å². The molecule has 1 fully saturated rings. The number of thioether (sulfide) groups is 1. The fourth-order valence-corrected chi connectivity index (χ4v) is 3.71. The summed E-state index contributed by atoms with van der Waals surface area (Å²) in [7, 11) is 0. The molecule has 2 heterocycles. The van der Waals surface area contributed by atoms with E-state index in [9.17, 15) is 9.59 Å². The molecule has 1 N–H and O–H groups in total. The molecule has 1 aromatic heterocycles. The van der Waals surface area contributed by atoms with Crippen molar-refractivity contribution in [2.75, 3.05) is 6.54 Å². The van der Waals surface area contributed by atoms with Gasteiger partial charge in [0.2, 0.25) is 0 Å². The van der Waals surface area contributed by atoms with Gasteiger partial charge in [0.05, 0.1) is 8.69 Å². The first-order valence-electron chi connectivity index (χ1n) is 4.68. The third-order valence-electron chi connectivity index (χ3n) is 2.05. The molecule has 1 aliphatic heterocycles. The minimum Gasteiger partial charge on any atom is -0.480 e. The first-order chi connectivity index (χ1) is 8.47. The Bertz CT molecular complexity index is 566. The summed E-state index contributed by atoms with van der Waals surface area (Å²) in [6.07, 6.45) is 1.71. The van der Waals surface area contributed by atoms with E-state index in [2.05, 4.69) is 15.9 Å². The number of thiophene rings is 1. The molecule has 8 heteroatoms. The maximum atomic E-state index is 11.9. The normalized spacial score (nSPS) is 17.8. The van der Waals surface area contributed by atoms with Gasteiger partial charge < -0.3 is 5.11 Å². The molecule has 0 aliphatic carbocycles. The van der Waals surface area contributed by atoms with Gasteiger partial charge in [-0.3, -0.25) is 14.5 Å². The number of thiocarbonyl (C=S) groups is 1. The summed E-state index contributed by atoms with van der Waals surface area (Å²) in [6, 6.07) is 1.88. The molecular formula is C10H6BrNO3S3. The fourth-order valence-electron chi connectivity index (χ4n) is 1.32. The zero-order chi connectivity index (χ0) is 13.3. The number of rotatable bonds is 3. The van der Waals surface area contributed by atoms with Gasteiger partial charge >= 0.3 is 5.97 Å². The Balaban J connectivity index is 2.22. The van der Waals surface area contributed by atoms with E-state index in [1.165, 1.54) is 11.3 Å². The summed E-state index contributed by atoms with van der Waals surface area (Å²) in [5.41, 5.74) is 0.891. The third kappa shape index (κ3) is 3.00. The van der Waals surface area contributed by atoms with Crippen LogP contribution in [0.15, 0.2) is 20.1 Å². The summed E-state index contributed by atoms with van der Waals surface area (Å²) in [5.74, 6) is -1.43. The molecule has 0 aromatic carbocycles. The molecule has 1 saturated heterocycles. The summed E-state index contributed by atoms with van der Waals surface area (Å²) in [4.78, 5) is 24.1. The number of nitrogens with zero attached hydrogens (tertiary/aromatic N) is 1. The largest absolute Gasteiger partial charge is 0.480 e. The van der Waals surface area contributed by atoms with Crippen molar-refractivity contribution >= 4 is 73.5 Å². The number of halogens is 1. The molecule has 1 aromatic rings. The molecule has 2 rings (SSSR count). The van der Waals surface area contributed by atoms with Gasteiger partial charge in [-0.05, 0) is 39.0 Å². The van der Waals surface area contributed by atoms with E-state index in [-0.39, 0.29) is 10.2 Å². The van der Waals surface area contributed by atoms with Crippen LogP contribution in [0.25, 0.3) is 6.08 Å². The van der Waals surface area contributed by atoms with E-state index in [0.717, 1.165) is 26.0 Å². The number of carboxylic acids is 1. The molecular weight excluding hydrogens is 358 g/mol. The highest BCUT2D eigenvalue weighted by Gasteiger charge is 2.33. The van der Waals surface area contributed by atoms with Crippen LogP contribution in [0.4, 0.5) is 0 Å². The Morgan fingerprint density at radius 2 is 2.33 bits per heavy atom. The fraction of sp³-hybridized carbons (Fsp3) is 0.100. The predicted octanol–water partition coefficient (Wildman–Crippen LogP) is 2.80. The molecule has 1 amide bonds. The van der Waals surface area contributed by atoms with Crippen molar-refractivity contribution in [1.82, 2.24) is 4.90 Å². The van der Waals surface area contributed by atoms with Crippen molar-refractivity contribution in [1.29, 1.82) is 0 Å². The smallest absolute Gasteiger partial charge is 0.323 e. The lowest BCUT2D eigenvalue weighted by Crippen LogP contribution is -2.33. The standard InChI is InChI=1S/C10H6BrNO3S3/c11-7-2-5(4-17-7)1-6-9(15)12(3-8(13)14)10(16)18-6/h1-2,4H,3H2,(H,13,14). The summed E-state index contributed by atoms with van der Waals surface area (Å²) in [6.45, 7) is -0.394. The van der Waals surface area contributed by atoms with Crippen molar-refractivity contribution in [3.05, 3.63) is 25.7 Å². The molecule has 0 unspecified atom stereocenters. The highest BCUT2D eigenvalue weighted by atomic mass is 79.9. The van der Waals surface area contributed by atoms with Gasteiger partial charge in [0, 0.05) is 0 Å². The molecule has 1 aliphatic rings. The quantitative estimate of drug-likeness (QED) is 0.660.